The highest BCUT2D eigenvalue weighted by molar-refractivity contribution is 5.67. The van der Waals surface area contributed by atoms with Crippen LogP contribution in [0.25, 0.3) is 11.2 Å². The maximum atomic E-state index is 11.8. The van der Waals surface area contributed by atoms with Gasteiger partial charge in [-0.25, -0.2) is 9.78 Å². The van der Waals surface area contributed by atoms with Crippen molar-refractivity contribution in [2.45, 2.75) is 6.54 Å². The summed E-state index contributed by atoms with van der Waals surface area (Å²) in [5.41, 5.74) is 4.90. The van der Waals surface area contributed by atoms with Crippen LogP contribution in [0, 0.1) is 0 Å². The van der Waals surface area contributed by atoms with Gasteiger partial charge in [0.1, 0.15) is 0 Å². The quantitative estimate of drug-likeness (QED) is 0.530. The Morgan fingerprint density at radius 3 is 3.05 bits per heavy atom. The number of oxazole rings is 1. The number of hydrazine groups is 1. The van der Waals surface area contributed by atoms with Gasteiger partial charge in [0.25, 0.3) is 0 Å². The number of rotatable bonds is 3. The highest BCUT2D eigenvalue weighted by Gasteiger charge is 2.10. The van der Waals surface area contributed by atoms with E-state index in [9.17, 15) is 4.79 Å². The van der Waals surface area contributed by atoms with E-state index in [1.807, 2.05) is 0 Å². The lowest BCUT2D eigenvalue weighted by atomic mass is 10.3. The summed E-state index contributed by atoms with van der Waals surface area (Å²) in [6.45, 7) is 0.276. The summed E-state index contributed by atoms with van der Waals surface area (Å²) in [4.78, 5) is 20.1. The number of aromatic nitrogens is 3. The van der Waals surface area contributed by atoms with Crippen molar-refractivity contribution < 1.29 is 4.42 Å². The zero-order chi connectivity index (χ0) is 13.2. The summed E-state index contributed by atoms with van der Waals surface area (Å²) < 4.78 is 6.53. The SMILES string of the molecule is NNc1ccnc(Cn2c(=O)oc3cccnc32)c1. The minimum absolute atomic E-state index is 0.276. The van der Waals surface area contributed by atoms with Gasteiger partial charge in [-0.05, 0) is 24.3 Å². The van der Waals surface area contributed by atoms with Gasteiger partial charge >= 0.3 is 5.76 Å². The highest BCUT2D eigenvalue weighted by atomic mass is 16.4. The zero-order valence-corrected chi connectivity index (χ0v) is 9.91. The number of anilines is 1. The second-order valence-corrected chi connectivity index (χ2v) is 3.96. The summed E-state index contributed by atoms with van der Waals surface area (Å²) in [6.07, 6.45) is 3.23. The molecule has 7 heteroatoms. The van der Waals surface area contributed by atoms with Crippen molar-refractivity contribution in [2.24, 2.45) is 5.84 Å². The summed E-state index contributed by atoms with van der Waals surface area (Å²) >= 11 is 0. The Bertz CT molecular complexity index is 777. The zero-order valence-electron chi connectivity index (χ0n) is 9.91. The lowest BCUT2D eigenvalue weighted by molar-refractivity contribution is 0.516. The molecule has 3 rings (SSSR count). The number of hydrogen-bond acceptors (Lipinski definition) is 6. The summed E-state index contributed by atoms with van der Waals surface area (Å²) in [5, 5.41) is 0. The third-order valence-electron chi connectivity index (χ3n) is 2.73. The number of pyridine rings is 2. The fourth-order valence-corrected chi connectivity index (χ4v) is 1.86. The van der Waals surface area contributed by atoms with Crippen molar-refractivity contribution in [3.63, 3.8) is 0 Å². The molecule has 0 bridgehead atoms. The Labute approximate surface area is 107 Å². The minimum Gasteiger partial charge on any atom is -0.406 e. The Balaban J connectivity index is 2.05. The van der Waals surface area contributed by atoms with Crippen LogP contribution in [0.15, 0.2) is 45.9 Å². The second kappa shape index (κ2) is 4.54. The van der Waals surface area contributed by atoms with E-state index >= 15 is 0 Å². The van der Waals surface area contributed by atoms with Crippen LogP contribution in [0.2, 0.25) is 0 Å². The van der Waals surface area contributed by atoms with E-state index in [1.165, 1.54) is 4.57 Å². The maximum absolute atomic E-state index is 11.8. The molecule has 3 aromatic rings. The van der Waals surface area contributed by atoms with Crippen molar-refractivity contribution >= 4 is 16.9 Å². The average Bonchev–Trinajstić information content (AvgIpc) is 2.76. The van der Waals surface area contributed by atoms with Crippen LogP contribution in [0.3, 0.4) is 0 Å². The Morgan fingerprint density at radius 1 is 1.32 bits per heavy atom. The number of hydrogen-bond donors (Lipinski definition) is 2. The lowest BCUT2D eigenvalue weighted by Gasteiger charge is -2.04. The van der Waals surface area contributed by atoms with Gasteiger partial charge in [0, 0.05) is 12.4 Å². The lowest BCUT2D eigenvalue weighted by Crippen LogP contribution is -2.16. The smallest absolute Gasteiger partial charge is 0.406 e. The molecule has 0 atom stereocenters. The number of nitrogen functional groups attached to an aromatic ring is 1. The molecule has 0 fully saturated rings. The van der Waals surface area contributed by atoms with E-state index in [0.29, 0.717) is 16.9 Å². The molecule has 0 spiro atoms. The molecule has 0 radical (unpaired) electrons. The van der Waals surface area contributed by atoms with E-state index in [1.54, 1.807) is 36.7 Å². The first-order valence-corrected chi connectivity index (χ1v) is 5.64. The number of fused-ring (bicyclic) bond motifs is 1. The third-order valence-corrected chi connectivity index (χ3v) is 2.73. The van der Waals surface area contributed by atoms with Crippen molar-refractivity contribution in [2.75, 3.05) is 5.43 Å². The van der Waals surface area contributed by atoms with E-state index in [-0.39, 0.29) is 6.54 Å². The van der Waals surface area contributed by atoms with Gasteiger partial charge in [-0.2, -0.15) is 0 Å². The van der Waals surface area contributed by atoms with Crippen LogP contribution in [0.5, 0.6) is 0 Å². The number of nitrogens with one attached hydrogen (secondary N) is 1. The Hall–Kier alpha value is -2.67. The van der Waals surface area contributed by atoms with Crippen LogP contribution in [-0.4, -0.2) is 14.5 Å². The van der Waals surface area contributed by atoms with Gasteiger partial charge in [0.05, 0.1) is 17.9 Å². The van der Waals surface area contributed by atoms with Gasteiger partial charge < -0.3 is 9.84 Å². The molecule has 3 heterocycles. The van der Waals surface area contributed by atoms with Gasteiger partial charge in [0.15, 0.2) is 11.2 Å². The molecular weight excluding hydrogens is 246 g/mol. The van der Waals surface area contributed by atoms with Crippen LogP contribution < -0.4 is 17.0 Å². The highest BCUT2D eigenvalue weighted by Crippen LogP contribution is 2.12. The molecule has 96 valence electrons. The van der Waals surface area contributed by atoms with Gasteiger partial charge in [-0.1, -0.05) is 0 Å². The Kier molecular flexibility index (Phi) is 2.73. The molecule has 7 nitrogen and oxygen atoms in total. The molecule has 0 saturated heterocycles. The summed E-state index contributed by atoms with van der Waals surface area (Å²) in [7, 11) is 0. The predicted octanol–water partition coefficient (Wildman–Crippen LogP) is 0.718. The molecule has 0 aromatic carbocycles. The van der Waals surface area contributed by atoms with Gasteiger partial charge in [0.2, 0.25) is 0 Å². The number of nitrogens with zero attached hydrogens (tertiary/aromatic N) is 3. The molecule has 0 unspecified atom stereocenters. The molecule has 0 aliphatic carbocycles. The normalized spacial score (nSPS) is 10.8. The largest absolute Gasteiger partial charge is 0.421 e. The minimum atomic E-state index is -0.457. The van der Waals surface area contributed by atoms with Gasteiger partial charge in [-0.3, -0.25) is 15.4 Å². The molecular formula is C12H11N5O2. The summed E-state index contributed by atoms with van der Waals surface area (Å²) in [5.74, 6) is 4.88. The van der Waals surface area contributed by atoms with E-state index in [2.05, 4.69) is 15.4 Å². The predicted molar refractivity (Wildman–Crippen MR) is 69.4 cm³/mol. The molecule has 0 amide bonds. The van der Waals surface area contributed by atoms with Crippen molar-refractivity contribution in [3.8, 4) is 0 Å². The Morgan fingerprint density at radius 2 is 2.21 bits per heavy atom. The molecule has 19 heavy (non-hydrogen) atoms. The fourth-order valence-electron chi connectivity index (χ4n) is 1.86. The molecule has 3 N–H and O–H groups in total. The summed E-state index contributed by atoms with van der Waals surface area (Å²) in [6, 6.07) is 6.91. The van der Waals surface area contributed by atoms with Crippen molar-refractivity contribution in [1.29, 1.82) is 0 Å². The molecule has 0 aliphatic rings. The molecule has 3 aromatic heterocycles. The topological polar surface area (TPSA) is 99.0 Å². The monoisotopic (exact) mass is 257 g/mol. The van der Waals surface area contributed by atoms with Crippen LogP contribution in [0.1, 0.15) is 5.69 Å². The first kappa shape index (κ1) is 11.4. The van der Waals surface area contributed by atoms with Crippen molar-refractivity contribution in [3.05, 3.63) is 52.9 Å². The first-order chi connectivity index (χ1) is 9.28. The van der Waals surface area contributed by atoms with E-state index in [0.717, 1.165) is 5.69 Å². The standard InChI is InChI=1S/C12H11N5O2/c13-16-8-3-5-14-9(6-8)7-17-11-10(19-12(17)18)2-1-4-15-11/h1-6H,7,13H2,(H,14,16). The van der Waals surface area contributed by atoms with Crippen LogP contribution in [-0.2, 0) is 6.54 Å². The van der Waals surface area contributed by atoms with E-state index < -0.39 is 5.76 Å². The van der Waals surface area contributed by atoms with Crippen molar-refractivity contribution in [1.82, 2.24) is 14.5 Å². The molecule has 0 aliphatic heterocycles. The number of nitrogens with two attached hydrogens (primary N) is 1. The second-order valence-electron chi connectivity index (χ2n) is 3.96. The first-order valence-electron chi connectivity index (χ1n) is 5.64. The van der Waals surface area contributed by atoms with Gasteiger partial charge in [-0.15, -0.1) is 0 Å². The molecule has 0 saturated carbocycles. The third kappa shape index (κ3) is 2.06. The van der Waals surface area contributed by atoms with Crippen LogP contribution >= 0.6 is 0 Å². The van der Waals surface area contributed by atoms with E-state index in [4.69, 9.17) is 10.3 Å². The average molecular weight is 257 g/mol. The maximum Gasteiger partial charge on any atom is 0.421 e. The van der Waals surface area contributed by atoms with Crippen LogP contribution in [0.4, 0.5) is 5.69 Å². The fraction of sp³-hybridized carbons (Fsp3) is 0.0833.